The Balaban J connectivity index is 1.74. The van der Waals surface area contributed by atoms with Gasteiger partial charge in [0.25, 0.3) is 0 Å². The zero-order chi connectivity index (χ0) is 14.7. The lowest BCUT2D eigenvalue weighted by Crippen LogP contribution is -2.12. The third kappa shape index (κ3) is 3.12. The molecule has 3 nitrogen and oxygen atoms in total. The quantitative estimate of drug-likeness (QED) is 0.891. The molecule has 2 heterocycles. The molecule has 21 heavy (non-hydrogen) atoms. The van der Waals surface area contributed by atoms with E-state index in [0.717, 1.165) is 25.8 Å². The van der Waals surface area contributed by atoms with Crippen molar-refractivity contribution < 1.29 is 0 Å². The zero-order valence-electron chi connectivity index (χ0n) is 13.1. The summed E-state index contributed by atoms with van der Waals surface area (Å²) < 4.78 is 2.13. The summed E-state index contributed by atoms with van der Waals surface area (Å²) in [6.45, 7) is 5.56. The monoisotopic (exact) mass is 283 g/mol. The van der Waals surface area contributed by atoms with Gasteiger partial charge in [-0.3, -0.25) is 4.68 Å². The Hall–Kier alpha value is -1.77. The maximum atomic E-state index is 4.76. The third-order valence-corrected chi connectivity index (χ3v) is 4.47. The molecule has 1 aromatic carbocycles. The van der Waals surface area contributed by atoms with Crippen LogP contribution in [-0.4, -0.2) is 16.3 Å². The summed E-state index contributed by atoms with van der Waals surface area (Å²) in [5.41, 5.74) is 5.31. The average Bonchev–Trinajstić information content (AvgIpc) is 2.97. The molecule has 3 heteroatoms. The highest BCUT2D eigenvalue weighted by Crippen LogP contribution is 2.24. The molecule has 0 amide bonds. The van der Waals surface area contributed by atoms with Crippen LogP contribution in [-0.2, 0) is 12.8 Å². The van der Waals surface area contributed by atoms with Gasteiger partial charge in [0.1, 0.15) is 0 Å². The van der Waals surface area contributed by atoms with E-state index in [1.807, 2.05) is 0 Å². The fourth-order valence-electron chi connectivity index (χ4n) is 3.19. The maximum Gasteiger partial charge on any atom is 0.0668 e. The first-order valence-corrected chi connectivity index (χ1v) is 8.19. The van der Waals surface area contributed by atoms with Crippen LogP contribution in [0.5, 0.6) is 0 Å². The Bertz CT molecular complexity index is 596. The van der Waals surface area contributed by atoms with E-state index < -0.39 is 0 Å². The van der Waals surface area contributed by atoms with Crippen LogP contribution in [0.25, 0.3) is 0 Å². The van der Waals surface area contributed by atoms with Gasteiger partial charge in [-0.15, -0.1) is 0 Å². The van der Waals surface area contributed by atoms with Gasteiger partial charge in [-0.2, -0.15) is 5.10 Å². The molecular formula is C18H25N3. The second-order valence-electron chi connectivity index (χ2n) is 5.96. The minimum absolute atomic E-state index is 0.534. The number of hydrogen-bond donors (Lipinski definition) is 1. The number of hydrogen-bond acceptors (Lipinski definition) is 2. The van der Waals surface area contributed by atoms with Crippen molar-refractivity contribution in [3.63, 3.8) is 0 Å². The van der Waals surface area contributed by atoms with Gasteiger partial charge in [-0.25, -0.2) is 0 Å². The lowest BCUT2D eigenvalue weighted by atomic mass is 9.99. The molecule has 3 rings (SSSR count). The Labute approximate surface area is 127 Å². The number of fused-ring (bicyclic) bond motifs is 1. The van der Waals surface area contributed by atoms with E-state index in [-0.39, 0.29) is 0 Å². The number of nitrogens with zero attached hydrogens (tertiary/aromatic N) is 2. The Morgan fingerprint density at radius 1 is 1.24 bits per heavy atom. The van der Waals surface area contributed by atoms with Crippen molar-refractivity contribution in [3.05, 3.63) is 47.3 Å². The average molecular weight is 283 g/mol. The molecule has 0 aliphatic carbocycles. The molecule has 2 aromatic rings. The van der Waals surface area contributed by atoms with Crippen LogP contribution >= 0.6 is 0 Å². The summed E-state index contributed by atoms with van der Waals surface area (Å²) in [4.78, 5) is 0. The van der Waals surface area contributed by atoms with E-state index in [9.17, 15) is 0 Å². The Morgan fingerprint density at radius 3 is 2.90 bits per heavy atom. The van der Waals surface area contributed by atoms with Crippen molar-refractivity contribution in [3.8, 4) is 0 Å². The van der Waals surface area contributed by atoms with Crippen LogP contribution in [0.15, 0.2) is 30.5 Å². The van der Waals surface area contributed by atoms with Crippen molar-refractivity contribution in [2.24, 2.45) is 0 Å². The van der Waals surface area contributed by atoms with E-state index in [0.29, 0.717) is 6.04 Å². The van der Waals surface area contributed by atoms with Crippen LogP contribution in [0, 0.1) is 0 Å². The molecule has 0 atom stereocenters. The molecule has 1 N–H and O–H groups in total. The van der Waals surface area contributed by atoms with Crippen LogP contribution < -0.4 is 5.32 Å². The zero-order valence-corrected chi connectivity index (χ0v) is 13.1. The van der Waals surface area contributed by atoms with Gasteiger partial charge >= 0.3 is 0 Å². The fraction of sp³-hybridized carbons (Fsp3) is 0.500. The lowest BCUT2D eigenvalue weighted by molar-refractivity contribution is 0.426. The summed E-state index contributed by atoms with van der Waals surface area (Å²) >= 11 is 0. The summed E-state index contributed by atoms with van der Waals surface area (Å²) in [5.74, 6) is 0. The summed E-state index contributed by atoms with van der Waals surface area (Å²) in [6.07, 6.45) is 7.77. The third-order valence-electron chi connectivity index (χ3n) is 4.47. The number of nitrogens with one attached hydrogen (secondary N) is 1. The smallest absolute Gasteiger partial charge is 0.0668 e. The van der Waals surface area contributed by atoms with Gasteiger partial charge in [-0.05, 0) is 48.9 Å². The summed E-state index contributed by atoms with van der Waals surface area (Å²) in [6, 6.07) is 9.49. The van der Waals surface area contributed by atoms with Crippen LogP contribution in [0.2, 0.25) is 0 Å². The van der Waals surface area contributed by atoms with Crippen molar-refractivity contribution in [1.82, 2.24) is 9.78 Å². The fourth-order valence-corrected chi connectivity index (χ4v) is 3.19. The largest absolute Gasteiger partial charge is 0.385 e. The van der Waals surface area contributed by atoms with E-state index in [4.69, 9.17) is 5.10 Å². The number of rotatable bonds is 5. The molecule has 0 spiro atoms. The highest BCUT2D eigenvalue weighted by Gasteiger charge is 2.11. The van der Waals surface area contributed by atoms with Gasteiger partial charge in [0.15, 0.2) is 0 Å². The summed E-state index contributed by atoms with van der Waals surface area (Å²) in [7, 11) is 0. The number of aryl methyl sites for hydroxylation is 1. The molecule has 0 saturated carbocycles. The molecule has 112 valence electrons. The predicted molar refractivity (Wildman–Crippen MR) is 87.9 cm³/mol. The van der Waals surface area contributed by atoms with E-state index in [1.54, 1.807) is 0 Å². The molecule has 1 aromatic heterocycles. The summed E-state index contributed by atoms with van der Waals surface area (Å²) in [5, 5.41) is 8.23. The molecule has 0 fully saturated rings. The standard InChI is InChI=1S/C18H25N3/c1-3-17(4-2)21-11-9-16(20-21)13-14-7-8-18-15(12-14)6-5-10-19-18/h7-9,11-12,17,19H,3-6,10,13H2,1-2H3. The lowest BCUT2D eigenvalue weighted by Gasteiger charge is -2.18. The number of benzene rings is 1. The minimum atomic E-state index is 0.534. The van der Waals surface area contributed by atoms with E-state index >= 15 is 0 Å². The Morgan fingerprint density at radius 2 is 2.10 bits per heavy atom. The topological polar surface area (TPSA) is 29.9 Å². The van der Waals surface area contributed by atoms with Crippen LogP contribution in [0.1, 0.15) is 56.0 Å². The van der Waals surface area contributed by atoms with E-state index in [1.165, 1.54) is 35.3 Å². The molecule has 1 aliphatic heterocycles. The Kier molecular flexibility index (Phi) is 4.28. The first-order valence-electron chi connectivity index (χ1n) is 8.19. The molecule has 0 radical (unpaired) electrons. The normalized spacial score (nSPS) is 14.0. The van der Waals surface area contributed by atoms with Gasteiger partial charge in [-0.1, -0.05) is 26.0 Å². The SMILES string of the molecule is CCC(CC)n1ccc(Cc2ccc3c(c2)CCCN3)n1. The maximum absolute atomic E-state index is 4.76. The second-order valence-corrected chi connectivity index (χ2v) is 5.96. The molecular weight excluding hydrogens is 258 g/mol. The highest BCUT2D eigenvalue weighted by atomic mass is 15.3. The van der Waals surface area contributed by atoms with Crippen LogP contribution in [0.3, 0.4) is 0 Å². The minimum Gasteiger partial charge on any atom is -0.385 e. The van der Waals surface area contributed by atoms with Gasteiger partial charge in [0, 0.05) is 24.8 Å². The van der Waals surface area contributed by atoms with Crippen molar-refractivity contribution in [1.29, 1.82) is 0 Å². The second kappa shape index (κ2) is 6.33. The first-order chi connectivity index (χ1) is 10.3. The van der Waals surface area contributed by atoms with Crippen molar-refractivity contribution in [2.45, 2.75) is 52.0 Å². The number of aromatic nitrogens is 2. The molecule has 0 saturated heterocycles. The molecule has 1 aliphatic rings. The van der Waals surface area contributed by atoms with Crippen molar-refractivity contribution >= 4 is 5.69 Å². The van der Waals surface area contributed by atoms with Gasteiger partial charge in [0.2, 0.25) is 0 Å². The van der Waals surface area contributed by atoms with Crippen molar-refractivity contribution in [2.75, 3.05) is 11.9 Å². The molecule has 0 bridgehead atoms. The predicted octanol–water partition coefficient (Wildman–Crippen LogP) is 4.19. The highest BCUT2D eigenvalue weighted by molar-refractivity contribution is 5.54. The van der Waals surface area contributed by atoms with E-state index in [2.05, 4.69) is 54.3 Å². The van der Waals surface area contributed by atoms with Gasteiger partial charge < -0.3 is 5.32 Å². The number of anilines is 1. The molecule has 0 unspecified atom stereocenters. The van der Waals surface area contributed by atoms with Crippen LogP contribution in [0.4, 0.5) is 5.69 Å². The first kappa shape index (κ1) is 14.2. The van der Waals surface area contributed by atoms with Gasteiger partial charge in [0.05, 0.1) is 11.7 Å².